The van der Waals surface area contributed by atoms with Crippen molar-refractivity contribution in [1.82, 2.24) is 4.98 Å². The Kier molecular flexibility index (Phi) is 5.47. The highest BCUT2D eigenvalue weighted by molar-refractivity contribution is 6.05. The second kappa shape index (κ2) is 8.35. The van der Waals surface area contributed by atoms with Crippen molar-refractivity contribution in [2.45, 2.75) is 13.8 Å². The predicted molar refractivity (Wildman–Crippen MR) is 119 cm³/mol. The Morgan fingerprint density at radius 3 is 2.24 bits per heavy atom. The van der Waals surface area contributed by atoms with Crippen molar-refractivity contribution in [3.63, 3.8) is 0 Å². The molecule has 1 aromatic heterocycles. The van der Waals surface area contributed by atoms with Gasteiger partial charge in [-0.2, -0.15) is 0 Å². The molecule has 4 rings (SSSR count). The first kappa shape index (κ1) is 19.0. The Bertz CT molecular complexity index is 995. The third-order valence-corrected chi connectivity index (χ3v) is 5.38. The van der Waals surface area contributed by atoms with Gasteiger partial charge in [0, 0.05) is 43.8 Å². The minimum Gasteiger partial charge on any atom is -0.368 e. The Morgan fingerprint density at radius 2 is 1.55 bits per heavy atom. The fraction of sp³-hybridized carbons (Fsp3) is 0.250. The van der Waals surface area contributed by atoms with E-state index in [1.54, 1.807) is 6.20 Å². The molecular formula is C24H26N4O. The predicted octanol–water partition coefficient (Wildman–Crippen LogP) is 4.28. The van der Waals surface area contributed by atoms with Gasteiger partial charge in [-0.15, -0.1) is 0 Å². The maximum absolute atomic E-state index is 12.7. The van der Waals surface area contributed by atoms with Crippen LogP contribution in [0.5, 0.6) is 0 Å². The average Bonchev–Trinajstić information content (AvgIpc) is 2.76. The number of rotatable bonds is 4. The molecule has 1 saturated heterocycles. The standard InChI is InChI=1S/C24H26N4O/c1-18-8-9-23(19(2)14-18)26-24(29)20-15-22(17-25-16-20)28-12-10-27(11-13-28)21-6-4-3-5-7-21/h3-9,14-17H,10-13H2,1-2H3,(H,26,29). The number of piperazine rings is 1. The van der Waals surface area contributed by atoms with E-state index < -0.39 is 0 Å². The molecule has 1 amide bonds. The van der Waals surface area contributed by atoms with Gasteiger partial charge in [0.1, 0.15) is 0 Å². The molecule has 0 spiro atoms. The van der Waals surface area contributed by atoms with Gasteiger partial charge in [-0.3, -0.25) is 9.78 Å². The molecule has 29 heavy (non-hydrogen) atoms. The second-order valence-electron chi connectivity index (χ2n) is 7.51. The SMILES string of the molecule is Cc1ccc(NC(=O)c2cncc(N3CCN(c4ccccc4)CC3)c2)c(C)c1. The summed E-state index contributed by atoms with van der Waals surface area (Å²) in [7, 11) is 0. The summed E-state index contributed by atoms with van der Waals surface area (Å²) < 4.78 is 0. The Morgan fingerprint density at radius 1 is 0.862 bits per heavy atom. The lowest BCUT2D eigenvalue weighted by molar-refractivity contribution is 0.102. The molecule has 2 heterocycles. The van der Waals surface area contributed by atoms with E-state index in [1.165, 1.54) is 11.3 Å². The number of nitrogens with one attached hydrogen (secondary N) is 1. The number of para-hydroxylation sites is 1. The largest absolute Gasteiger partial charge is 0.368 e. The van der Waals surface area contributed by atoms with Crippen molar-refractivity contribution in [2.75, 3.05) is 41.3 Å². The van der Waals surface area contributed by atoms with Crippen molar-refractivity contribution in [1.29, 1.82) is 0 Å². The number of carbonyl (C=O) groups is 1. The van der Waals surface area contributed by atoms with E-state index in [1.807, 2.05) is 44.3 Å². The zero-order valence-electron chi connectivity index (χ0n) is 16.9. The highest BCUT2D eigenvalue weighted by Gasteiger charge is 2.19. The maximum atomic E-state index is 12.7. The van der Waals surface area contributed by atoms with Crippen molar-refractivity contribution in [3.8, 4) is 0 Å². The first-order valence-electron chi connectivity index (χ1n) is 9.99. The van der Waals surface area contributed by atoms with Crippen LogP contribution in [0.4, 0.5) is 17.1 Å². The molecule has 1 N–H and O–H groups in total. The number of pyridine rings is 1. The Labute approximate surface area is 172 Å². The van der Waals surface area contributed by atoms with Crippen LogP contribution in [0.1, 0.15) is 21.5 Å². The number of aromatic nitrogens is 1. The minimum atomic E-state index is -0.130. The molecular weight excluding hydrogens is 360 g/mol. The molecule has 0 aliphatic carbocycles. The van der Waals surface area contributed by atoms with Gasteiger partial charge in [0.2, 0.25) is 0 Å². The number of aryl methyl sites for hydroxylation is 2. The molecule has 1 fully saturated rings. The number of nitrogens with zero attached hydrogens (tertiary/aromatic N) is 3. The summed E-state index contributed by atoms with van der Waals surface area (Å²) in [4.78, 5) is 21.7. The van der Waals surface area contributed by atoms with Crippen molar-refractivity contribution >= 4 is 23.0 Å². The summed E-state index contributed by atoms with van der Waals surface area (Å²) in [5.74, 6) is -0.130. The average molecular weight is 386 g/mol. The third-order valence-electron chi connectivity index (χ3n) is 5.38. The molecule has 3 aromatic rings. The van der Waals surface area contributed by atoms with Gasteiger partial charge in [0.15, 0.2) is 0 Å². The monoisotopic (exact) mass is 386 g/mol. The lowest BCUT2D eigenvalue weighted by Gasteiger charge is -2.37. The highest BCUT2D eigenvalue weighted by Crippen LogP contribution is 2.22. The summed E-state index contributed by atoms with van der Waals surface area (Å²) in [6.45, 7) is 7.75. The van der Waals surface area contributed by atoms with Crippen LogP contribution in [-0.4, -0.2) is 37.1 Å². The first-order chi connectivity index (χ1) is 14.1. The van der Waals surface area contributed by atoms with Crippen molar-refractivity contribution < 1.29 is 4.79 Å². The van der Waals surface area contributed by atoms with E-state index in [4.69, 9.17) is 0 Å². The van der Waals surface area contributed by atoms with E-state index in [-0.39, 0.29) is 5.91 Å². The number of carbonyl (C=O) groups excluding carboxylic acids is 1. The lowest BCUT2D eigenvalue weighted by atomic mass is 10.1. The topological polar surface area (TPSA) is 48.5 Å². The summed E-state index contributed by atoms with van der Waals surface area (Å²) >= 11 is 0. The van der Waals surface area contributed by atoms with Crippen LogP contribution < -0.4 is 15.1 Å². The first-order valence-corrected chi connectivity index (χ1v) is 9.99. The van der Waals surface area contributed by atoms with Gasteiger partial charge in [-0.05, 0) is 43.7 Å². The van der Waals surface area contributed by atoms with E-state index >= 15 is 0 Å². The summed E-state index contributed by atoms with van der Waals surface area (Å²) in [6, 6.07) is 18.4. The van der Waals surface area contributed by atoms with Gasteiger partial charge in [0.05, 0.1) is 17.4 Å². The fourth-order valence-electron chi connectivity index (χ4n) is 3.73. The molecule has 1 aliphatic heterocycles. The van der Waals surface area contributed by atoms with E-state index in [0.29, 0.717) is 5.56 Å². The quantitative estimate of drug-likeness (QED) is 0.727. The summed E-state index contributed by atoms with van der Waals surface area (Å²) in [5.41, 5.74) is 5.90. The minimum absolute atomic E-state index is 0.130. The van der Waals surface area contributed by atoms with Crippen molar-refractivity contribution in [3.05, 3.63) is 83.7 Å². The molecule has 0 saturated carbocycles. The summed E-state index contributed by atoms with van der Waals surface area (Å²) in [6.07, 6.45) is 3.47. The number of hydrogen-bond donors (Lipinski definition) is 1. The Balaban J connectivity index is 1.43. The number of benzene rings is 2. The van der Waals surface area contributed by atoms with Crippen LogP contribution in [0.2, 0.25) is 0 Å². The summed E-state index contributed by atoms with van der Waals surface area (Å²) in [5, 5.41) is 3.01. The smallest absolute Gasteiger partial charge is 0.257 e. The molecule has 1 aliphatic rings. The maximum Gasteiger partial charge on any atom is 0.257 e. The lowest BCUT2D eigenvalue weighted by Crippen LogP contribution is -2.46. The normalized spacial score (nSPS) is 14.0. The number of amides is 1. The highest BCUT2D eigenvalue weighted by atomic mass is 16.1. The molecule has 148 valence electrons. The van der Waals surface area contributed by atoms with Crippen LogP contribution in [0.15, 0.2) is 67.0 Å². The Hall–Kier alpha value is -3.34. The second-order valence-corrected chi connectivity index (χ2v) is 7.51. The number of anilines is 3. The molecule has 0 radical (unpaired) electrons. The number of hydrogen-bond acceptors (Lipinski definition) is 4. The van der Waals surface area contributed by atoms with Crippen LogP contribution in [0.3, 0.4) is 0 Å². The van der Waals surface area contributed by atoms with Crippen LogP contribution in [0.25, 0.3) is 0 Å². The van der Waals surface area contributed by atoms with Gasteiger partial charge in [-0.1, -0.05) is 35.9 Å². The van der Waals surface area contributed by atoms with Crippen LogP contribution >= 0.6 is 0 Å². The molecule has 5 heteroatoms. The van der Waals surface area contributed by atoms with Gasteiger partial charge < -0.3 is 15.1 Å². The van der Waals surface area contributed by atoms with Crippen LogP contribution in [-0.2, 0) is 0 Å². The van der Waals surface area contributed by atoms with Gasteiger partial charge >= 0.3 is 0 Å². The zero-order chi connectivity index (χ0) is 20.2. The third kappa shape index (κ3) is 4.40. The molecule has 5 nitrogen and oxygen atoms in total. The molecule has 0 atom stereocenters. The van der Waals surface area contributed by atoms with E-state index in [9.17, 15) is 4.79 Å². The molecule has 2 aromatic carbocycles. The van der Waals surface area contributed by atoms with E-state index in [0.717, 1.165) is 43.1 Å². The van der Waals surface area contributed by atoms with Gasteiger partial charge in [-0.25, -0.2) is 0 Å². The molecule has 0 bridgehead atoms. The van der Waals surface area contributed by atoms with Crippen molar-refractivity contribution in [2.24, 2.45) is 0 Å². The van der Waals surface area contributed by atoms with Gasteiger partial charge in [0.25, 0.3) is 5.91 Å². The zero-order valence-corrected chi connectivity index (χ0v) is 16.9. The van der Waals surface area contributed by atoms with Crippen LogP contribution in [0, 0.1) is 13.8 Å². The molecule has 0 unspecified atom stereocenters. The van der Waals surface area contributed by atoms with E-state index in [2.05, 4.69) is 50.4 Å². The fourth-order valence-corrected chi connectivity index (χ4v) is 3.73.